The minimum Gasteiger partial charge on any atom is -0.0622 e. The van der Waals surface area contributed by atoms with E-state index in [9.17, 15) is 0 Å². The minimum absolute atomic E-state index is 1.23. The maximum Gasteiger partial charge on any atom is -0.00199 e. The molecule has 44 heavy (non-hydrogen) atoms. The molecular weight excluding hydrogens is 528 g/mol. The van der Waals surface area contributed by atoms with Crippen molar-refractivity contribution in [2.24, 2.45) is 0 Å². The van der Waals surface area contributed by atoms with Gasteiger partial charge < -0.3 is 0 Å². The van der Waals surface area contributed by atoms with Gasteiger partial charge in [-0.05, 0) is 93.3 Å². The van der Waals surface area contributed by atoms with E-state index in [1.165, 1.54) is 87.2 Å². The van der Waals surface area contributed by atoms with Crippen LogP contribution in [0.15, 0.2) is 170 Å². The summed E-state index contributed by atoms with van der Waals surface area (Å²) in [5, 5.41) is 12.7. The van der Waals surface area contributed by atoms with E-state index in [1.807, 2.05) is 0 Å². The van der Waals surface area contributed by atoms with Crippen LogP contribution >= 0.6 is 0 Å². The average Bonchev–Trinajstić information content (AvgIpc) is 3.10. The summed E-state index contributed by atoms with van der Waals surface area (Å²) >= 11 is 0. The van der Waals surface area contributed by atoms with Crippen molar-refractivity contribution in [1.29, 1.82) is 0 Å². The molecule has 0 aliphatic heterocycles. The van der Waals surface area contributed by atoms with Crippen LogP contribution in [-0.2, 0) is 0 Å². The van der Waals surface area contributed by atoms with Crippen molar-refractivity contribution in [3.63, 3.8) is 0 Å². The van der Waals surface area contributed by atoms with Crippen molar-refractivity contribution in [3.8, 4) is 33.4 Å². The minimum atomic E-state index is 1.23. The first kappa shape index (κ1) is 24.8. The molecule has 204 valence electrons. The van der Waals surface area contributed by atoms with E-state index in [4.69, 9.17) is 0 Å². The number of rotatable bonds is 3. The Kier molecular flexibility index (Phi) is 5.61. The predicted molar refractivity (Wildman–Crippen MR) is 190 cm³/mol. The SMILES string of the molecule is c1ccc(-c2c(-c3c4ccccc4c(-c4ccc5c(ccc6ccccc65)c4)c4ccccc34)ccc3ccccc23)cc1. The van der Waals surface area contributed by atoms with Crippen LogP contribution in [0, 0.1) is 0 Å². The molecule has 0 saturated carbocycles. The molecule has 0 N–H and O–H groups in total. The van der Waals surface area contributed by atoms with Crippen molar-refractivity contribution in [2.75, 3.05) is 0 Å². The normalized spacial score (nSPS) is 11.6. The molecule has 0 bridgehead atoms. The Hall–Kier alpha value is -5.72. The Morgan fingerprint density at radius 1 is 0.227 bits per heavy atom. The molecule has 0 aliphatic carbocycles. The molecule has 0 amide bonds. The third-order valence-corrected chi connectivity index (χ3v) is 9.23. The van der Waals surface area contributed by atoms with Gasteiger partial charge in [0.2, 0.25) is 0 Å². The summed E-state index contributed by atoms with van der Waals surface area (Å²) < 4.78 is 0. The molecule has 0 heterocycles. The Bertz CT molecular complexity index is 2480. The maximum atomic E-state index is 2.38. The molecule has 0 fully saturated rings. The zero-order chi connectivity index (χ0) is 29.0. The first-order chi connectivity index (χ1) is 21.8. The van der Waals surface area contributed by atoms with Crippen molar-refractivity contribution in [2.45, 2.75) is 0 Å². The third kappa shape index (κ3) is 3.78. The van der Waals surface area contributed by atoms with Gasteiger partial charge in [-0.1, -0.05) is 164 Å². The highest BCUT2D eigenvalue weighted by molar-refractivity contribution is 6.24. The second-order valence-electron chi connectivity index (χ2n) is 11.6. The largest absolute Gasteiger partial charge is 0.0622 e. The van der Waals surface area contributed by atoms with E-state index in [2.05, 4.69) is 170 Å². The average molecular weight is 557 g/mol. The molecule has 0 nitrogen and oxygen atoms in total. The smallest absolute Gasteiger partial charge is 0.00199 e. The molecule has 0 saturated heterocycles. The molecule has 0 heteroatoms. The Morgan fingerprint density at radius 2 is 0.705 bits per heavy atom. The monoisotopic (exact) mass is 556 g/mol. The molecule has 0 spiro atoms. The third-order valence-electron chi connectivity index (χ3n) is 9.23. The molecule has 9 aromatic rings. The van der Waals surface area contributed by atoms with Crippen LogP contribution in [0.3, 0.4) is 0 Å². The second kappa shape index (κ2) is 9.93. The summed E-state index contributed by atoms with van der Waals surface area (Å²) in [4.78, 5) is 0. The highest BCUT2D eigenvalue weighted by Gasteiger charge is 2.20. The molecule has 0 atom stereocenters. The van der Waals surface area contributed by atoms with Crippen LogP contribution in [0.1, 0.15) is 0 Å². The van der Waals surface area contributed by atoms with Crippen molar-refractivity contribution < 1.29 is 0 Å². The van der Waals surface area contributed by atoms with Crippen LogP contribution < -0.4 is 0 Å². The van der Waals surface area contributed by atoms with Crippen LogP contribution in [0.4, 0.5) is 0 Å². The molecule has 0 aromatic heterocycles. The van der Waals surface area contributed by atoms with E-state index in [0.29, 0.717) is 0 Å². The topological polar surface area (TPSA) is 0 Å². The van der Waals surface area contributed by atoms with E-state index < -0.39 is 0 Å². The highest BCUT2D eigenvalue weighted by Crippen LogP contribution is 2.48. The van der Waals surface area contributed by atoms with Gasteiger partial charge in [0.25, 0.3) is 0 Å². The first-order valence-corrected chi connectivity index (χ1v) is 15.3. The summed E-state index contributed by atoms with van der Waals surface area (Å²) in [5.41, 5.74) is 7.60. The van der Waals surface area contributed by atoms with Gasteiger partial charge in [-0.15, -0.1) is 0 Å². The summed E-state index contributed by atoms with van der Waals surface area (Å²) in [5.74, 6) is 0. The summed E-state index contributed by atoms with van der Waals surface area (Å²) in [6.45, 7) is 0. The number of hydrogen-bond acceptors (Lipinski definition) is 0. The van der Waals surface area contributed by atoms with Crippen molar-refractivity contribution in [1.82, 2.24) is 0 Å². The van der Waals surface area contributed by atoms with Gasteiger partial charge >= 0.3 is 0 Å². The number of benzene rings is 9. The van der Waals surface area contributed by atoms with Gasteiger partial charge in [0.15, 0.2) is 0 Å². The molecule has 0 aliphatic rings. The van der Waals surface area contributed by atoms with Crippen LogP contribution in [0.2, 0.25) is 0 Å². The Morgan fingerprint density at radius 3 is 1.39 bits per heavy atom. The summed E-state index contributed by atoms with van der Waals surface area (Å²) in [6.07, 6.45) is 0. The fourth-order valence-electron chi connectivity index (χ4n) is 7.29. The predicted octanol–water partition coefficient (Wildman–Crippen LogP) is 12.5. The summed E-state index contributed by atoms with van der Waals surface area (Å²) in [6, 6.07) is 62.3. The highest BCUT2D eigenvalue weighted by atomic mass is 14.2. The summed E-state index contributed by atoms with van der Waals surface area (Å²) in [7, 11) is 0. The van der Waals surface area contributed by atoms with Gasteiger partial charge in [-0.3, -0.25) is 0 Å². The maximum absolute atomic E-state index is 2.38. The van der Waals surface area contributed by atoms with Gasteiger partial charge in [0, 0.05) is 0 Å². The van der Waals surface area contributed by atoms with Crippen LogP contribution in [0.5, 0.6) is 0 Å². The van der Waals surface area contributed by atoms with Crippen LogP contribution in [0.25, 0.3) is 87.2 Å². The lowest BCUT2D eigenvalue weighted by molar-refractivity contribution is 1.63. The van der Waals surface area contributed by atoms with Gasteiger partial charge in [-0.2, -0.15) is 0 Å². The first-order valence-electron chi connectivity index (χ1n) is 15.3. The second-order valence-corrected chi connectivity index (χ2v) is 11.6. The van der Waals surface area contributed by atoms with E-state index in [1.54, 1.807) is 0 Å². The van der Waals surface area contributed by atoms with E-state index in [-0.39, 0.29) is 0 Å². The zero-order valence-corrected chi connectivity index (χ0v) is 24.2. The Balaban J connectivity index is 1.39. The van der Waals surface area contributed by atoms with Gasteiger partial charge in [0.05, 0.1) is 0 Å². The van der Waals surface area contributed by atoms with Crippen molar-refractivity contribution in [3.05, 3.63) is 170 Å². The van der Waals surface area contributed by atoms with E-state index in [0.717, 1.165) is 0 Å². The zero-order valence-electron chi connectivity index (χ0n) is 24.2. The lowest BCUT2D eigenvalue weighted by Gasteiger charge is -2.21. The molecule has 9 rings (SSSR count). The molecular formula is C44H28. The van der Waals surface area contributed by atoms with Gasteiger partial charge in [0.1, 0.15) is 0 Å². The lowest BCUT2D eigenvalue weighted by Crippen LogP contribution is -1.93. The number of fused-ring (bicyclic) bond motifs is 6. The van der Waals surface area contributed by atoms with Gasteiger partial charge in [-0.25, -0.2) is 0 Å². The molecule has 0 unspecified atom stereocenters. The standard InChI is InChI=1S/C44H28/c1-2-14-31(15-3-1)42-36-17-7-5-13-30(36)24-27-41(42)44-39-20-10-8-18-37(39)43(38-19-9-11-21-40(38)44)33-25-26-35-32(28-33)23-22-29-12-4-6-16-34(29)35/h1-28H. The number of hydrogen-bond donors (Lipinski definition) is 0. The van der Waals surface area contributed by atoms with Crippen molar-refractivity contribution >= 4 is 53.9 Å². The quantitative estimate of drug-likeness (QED) is 0.150. The van der Waals surface area contributed by atoms with Crippen LogP contribution in [-0.4, -0.2) is 0 Å². The fourth-order valence-corrected chi connectivity index (χ4v) is 7.29. The molecule has 9 aromatic carbocycles. The van der Waals surface area contributed by atoms with E-state index >= 15 is 0 Å². The molecule has 0 radical (unpaired) electrons. The fraction of sp³-hybridized carbons (Fsp3) is 0. The lowest BCUT2D eigenvalue weighted by atomic mass is 9.82. The Labute approximate surface area is 256 Å².